The second kappa shape index (κ2) is 9.66. The molecule has 2 rings (SSSR count). The summed E-state index contributed by atoms with van der Waals surface area (Å²) in [5.41, 5.74) is 1.25. The first kappa shape index (κ1) is 21.1. The van der Waals surface area contributed by atoms with E-state index in [0.717, 1.165) is 0 Å². The molecule has 0 aromatic heterocycles. The molecule has 0 radical (unpaired) electrons. The predicted molar refractivity (Wildman–Crippen MR) is 107 cm³/mol. The van der Waals surface area contributed by atoms with Gasteiger partial charge in [0, 0.05) is 11.8 Å². The number of hydrogen-bond acceptors (Lipinski definition) is 6. The van der Waals surface area contributed by atoms with E-state index < -0.39 is 11.9 Å². The van der Waals surface area contributed by atoms with Gasteiger partial charge in [0.2, 0.25) is 11.7 Å². The Bertz CT molecular complexity index is 885. The zero-order valence-corrected chi connectivity index (χ0v) is 16.6. The van der Waals surface area contributed by atoms with Crippen LogP contribution in [0.4, 0.5) is 5.69 Å². The highest BCUT2D eigenvalue weighted by Crippen LogP contribution is 2.38. The van der Waals surface area contributed by atoms with Crippen molar-refractivity contribution < 1.29 is 28.5 Å². The fraction of sp³-hybridized carbons (Fsp3) is 0.200. The second-order valence-corrected chi connectivity index (χ2v) is 5.87. The van der Waals surface area contributed by atoms with Gasteiger partial charge >= 0.3 is 5.97 Å². The molecule has 0 aliphatic heterocycles. The molecule has 0 saturated carbocycles. The van der Waals surface area contributed by atoms with Gasteiger partial charge in [-0.2, -0.15) is 0 Å². The van der Waals surface area contributed by atoms with Crippen LogP contribution in [0.15, 0.2) is 36.4 Å². The molecule has 0 fully saturated rings. The molecule has 0 saturated heterocycles. The van der Waals surface area contributed by atoms with E-state index in [1.807, 2.05) is 0 Å². The number of ether oxygens (including phenoxy) is 4. The third-order valence-electron chi connectivity index (χ3n) is 3.75. The molecular formula is C20H20ClNO6. The summed E-state index contributed by atoms with van der Waals surface area (Å²) in [4.78, 5) is 23.9. The summed E-state index contributed by atoms with van der Waals surface area (Å²) in [5, 5.41) is 2.89. The molecule has 0 spiro atoms. The minimum absolute atomic E-state index is 0.163. The first-order valence-electron chi connectivity index (χ1n) is 8.10. The molecule has 0 bridgehead atoms. The van der Waals surface area contributed by atoms with Gasteiger partial charge in [-0.05, 0) is 42.0 Å². The van der Waals surface area contributed by atoms with Crippen LogP contribution in [0.25, 0.3) is 6.08 Å². The SMILES string of the molecule is COC(=O)c1cc(NC(=O)C=Cc2cc(OC)c(OC)c(OC)c2)ccc1Cl. The fourth-order valence-corrected chi connectivity index (χ4v) is 2.62. The maximum absolute atomic E-state index is 12.2. The van der Waals surface area contributed by atoms with Crippen LogP contribution in [0.1, 0.15) is 15.9 Å². The van der Waals surface area contributed by atoms with Crippen molar-refractivity contribution in [2.24, 2.45) is 0 Å². The highest BCUT2D eigenvalue weighted by molar-refractivity contribution is 6.33. The van der Waals surface area contributed by atoms with Crippen molar-refractivity contribution in [3.05, 3.63) is 52.6 Å². The highest BCUT2D eigenvalue weighted by atomic mass is 35.5. The van der Waals surface area contributed by atoms with E-state index in [1.54, 1.807) is 24.3 Å². The minimum Gasteiger partial charge on any atom is -0.493 e. The molecule has 148 valence electrons. The van der Waals surface area contributed by atoms with Crippen LogP contribution in [-0.2, 0) is 9.53 Å². The number of esters is 1. The number of carbonyl (C=O) groups is 2. The van der Waals surface area contributed by atoms with Crippen molar-refractivity contribution in [3.8, 4) is 17.2 Å². The van der Waals surface area contributed by atoms with Gasteiger partial charge in [-0.15, -0.1) is 0 Å². The van der Waals surface area contributed by atoms with Crippen LogP contribution in [0, 0.1) is 0 Å². The van der Waals surface area contributed by atoms with E-state index in [1.165, 1.54) is 46.6 Å². The predicted octanol–water partition coefficient (Wildman–Crippen LogP) is 3.80. The lowest BCUT2D eigenvalue weighted by atomic mass is 10.1. The number of methoxy groups -OCH3 is 4. The van der Waals surface area contributed by atoms with Gasteiger partial charge in [-0.25, -0.2) is 4.79 Å². The van der Waals surface area contributed by atoms with Gasteiger partial charge in [-0.3, -0.25) is 4.79 Å². The van der Waals surface area contributed by atoms with E-state index in [4.69, 9.17) is 25.8 Å². The number of hydrogen-bond donors (Lipinski definition) is 1. The summed E-state index contributed by atoms with van der Waals surface area (Å²) in [5.74, 6) is 0.425. The van der Waals surface area contributed by atoms with Crippen LogP contribution < -0.4 is 19.5 Å². The number of nitrogens with one attached hydrogen (secondary N) is 1. The van der Waals surface area contributed by atoms with Gasteiger partial charge in [0.1, 0.15) is 0 Å². The second-order valence-electron chi connectivity index (χ2n) is 5.47. The van der Waals surface area contributed by atoms with E-state index >= 15 is 0 Å². The van der Waals surface area contributed by atoms with Gasteiger partial charge in [0.25, 0.3) is 0 Å². The fourth-order valence-electron chi connectivity index (χ4n) is 2.42. The highest BCUT2D eigenvalue weighted by Gasteiger charge is 2.13. The molecule has 0 aliphatic carbocycles. The molecule has 7 nitrogen and oxygen atoms in total. The molecule has 0 unspecified atom stereocenters. The largest absolute Gasteiger partial charge is 0.493 e. The van der Waals surface area contributed by atoms with Gasteiger partial charge in [0.05, 0.1) is 39.0 Å². The quantitative estimate of drug-likeness (QED) is 0.557. The lowest BCUT2D eigenvalue weighted by Crippen LogP contribution is -2.09. The molecule has 2 aromatic rings. The molecule has 8 heteroatoms. The van der Waals surface area contributed by atoms with Gasteiger partial charge in [0.15, 0.2) is 11.5 Å². The number of rotatable bonds is 7. The summed E-state index contributed by atoms with van der Waals surface area (Å²) in [7, 11) is 5.79. The summed E-state index contributed by atoms with van der Waals surface area (Å²) in [6.07, 6.45) is 2.93. The Labute approximate surface area is 167 Å². The third-order valence-corrected chi connectivity index (χ3v) is 4.08. The number of halogens is 1. The normalized spacial score (nSPS) is 10.5. The van der Waals surface area contributed by atoms with Crippen molar-refractivity contribution >= 4 is 35.2 Å². The summed E-state index contributed by atoms with van der Waals surface area (Å²) in [6, 6.07) is 7.96. The number of amides is 1. The maximum atomic E-state index is 12.2. The van der Waals surface area contributed by atoms with E-state index in [-0.39, 0.29) is 10.6 Å². The first-order valence-corrected chi connectivity index (χ1v) is 8.48. The van der Waals surface area contributed by atoms with Crippen LogP contribution in [0.5, 0.6) is 17.2 Å². The minimum atomic E-state index is -0.589. The van der Waals surface area contributed by atoms with Gasteiger partial charge < -0.3 is 24.3 Å². The van der Waals surface area contributed by atoms with Crippen molar-refractivity contribution in [2.45, 2.75) is 0 Å². The Morgan fingerprint density at radius 3 is 2.14 bits per heavy atom. The van der Waals surface area contributed by atoms with Crippen LogP contribution in [0.2, 0.25) is 5.02 Å². The van der Waals surface area contributed by atoms with Crippen molar-refractivity contribution in [1.82, 2.24) is 0 Å². The lowest BCUT2D eigenvalue weighted by molar-refractivity contribution is -0.111. The van der Waals surface area contributed by atoms with E-state index in [2.05, 4.69) is 10.1 Å². The van der Waals surface area contributed by atoms with Crippen molar-refractivity contribution in [1.29, 1.82) is 0 Å². The average Bonchev–Trinajstić information content (AvgIpc) is 2.72. The molecule has 2 aromatic carbocycles. The summed E-state index contributed by atoms with van der Waals surface area (Å²) >= 11 is 5.97. The number of anilines is 1. The van der Waals surface area contributed by atoms with Crippen LogP contribution in [-0.4, -0.2) is 40.3 Å². The smallest absolute Gasteiger partial charge is 0.339 e. The van der Waals surface area contributed by atoms with E-state index in [9.17, 15) is 9.59 Å². The molecule has 0 atom stereocenters. The monoisotopic (exact) mass is 405 g/mol. The van der Waals surface area contributed by atoms with Crippen LogP contribution >= 0.6 is 11.6 Å². The van der Waals surface area contributed by atoms with Crippen molar-refractivity contribution in [2.75, 3.05) is 33.8 Å². The summed E-state index contributed by atoms with van der Waals surface area (Å²) in [6.45, 7) is 0. The topological polar surface area (TPSA) is 83.1 Å². The molecule has 28 heavy (non-hydrogen) atoms. The Hall–Kier alpha value is -3.19. The number of carbonyl (C=O) groups excluding carboxylic acids is 2. The summed E-state index contributed by atoms with van der Waals surface area (Å²) < 4.78 is 20.5. The number of benzene rings is 2. The molecule has 1 amide bonds. The molecule has 0 heterocycles. The van der Waals surface area contributed by atoms with Crippen molar-refractivity contribution in [3.63, 3.8) is 0 Å². The molecular weight excluding hydrogens is 386 g/mol. The zero-order chi connectivity index (χ0) is 20.7. The first-order chi connectivity index (χ1) is 13.4. The third kappa shape index (κ3) is 4.95. The van der Waals surface area contributed by atoms with Crippen LogP contribution in [0.3, 0.4) is 0 Å². The Morgan fingerprint density at radius 2 is 1.61 bits per heavy atom. The van der Waals surface area contributed by atoms with E-state index in [0.29, 0.717) is 28.5 Å². The Balaban J connectivity index is 2.19. The Kier molecular flexibility index (Phi) is 7.28. The maximum Gasteiger partial charge on any atom is 0.339 e. The average molecular weight is 406 g/mol. The molecule has 1 N–H and O–H groups in total. The zero-order valence-electron chi connectivity index (χ0n) is 15.9. The standard InChI is InChI=1S/C20H20ClNO6/c1-25-16-9-12(10-17(26-2)19(16)27-3)5-8-18(23)22-13-6-7-15(21)14(11-13)20(24)28-4/h5-11H,1-4H3,(H,22,23). The lowest BCUT2D eigenvalue weighted by Gasteiger charge is -2.12. The Morgan fingerprint density at radius 1 is 0.964 bits per heavy atom. The molecule has 0 aliphatic rings. The van der Waals surface area contributed by atoms with Gasteiger partial charge in [-0.1, -0.05) is 11.6 Å².